The SMILES string of the molecule is COc1nc(Cl)nc(NCC2CCCO2)n1. The van der Waals surface area contributed by atoms with E-state index in [2.05, 4.69) is 20.3 Å². The Labute approximate surface area is 98.4 Å². The van der Waals surface area contributed by atoms with Crippen molar-refractivity contribution in [3.05, 3.63) is 5.28 Å². The van der Waals surface area contributed by atoms with Gasteiger partial charge < -0.3 is 14.8 Å². The number of nitrogens with zero attached hydrogens (tertiary/aromatic N) is 3. The van der Waals surface area contributed by atoms with Gasteiger partial charge in [-0.1, -0.05) is 0 Å². The Kier molecular flexibility index (Phi) is 3.74. The second kappa shape index (κ2) is 5.27. The van der Waals surface area contributed by atoms with E-state index in [1.54, 1.807) is 0 Å². The molecule has 1 aliphatic heterocycles. The van der Waals surface area contributed by atoms with Crippen LogP contribution < -0.4 is 10.1 Å². The molecule has 1 aromatic heterocycles. The van der Waals surface area contributed by atoms with Crippen molar-refractivity contribution < 1.29 is 9.47 Å². The molecule has 0 saturated carbocycles. The van der Waals surface area contributed by atoms with Crippen LogP contribution in [-0.2, 0) is 4.74 Å². The lowest BCUT2D eigenvalue weighted by Crippen LogP contribution is -2.19. The van der Waals surface area contributed by atoms with E-state index in [-0.39, 0.29) is 17.4 Å². The van der Waals surface area contributed by atoms with Crippen molar-refractivity contribution >= 4 is 17.5 Å². The van der Waals surface area contributed by atoms with Crippen molar-refractivity contribution in [1.29, 1.82) is 0 Å². The molecule has 0 spiro atoms. The molecular formula is C9H13ClN4O2. The smallest absolute Gasteiger partial charge is 0.322 e. The van der Waals surface area contributed by atoms with Crippen LogP contribution >= 0.6 is 11.6 Å². The first-order chi connectivity index (χ1) is 7.78. The highest BCUT2D eigenvalue weighted by Crippen LogP contribution is 2.14. The van der Waals surface area contributed by atoms with Crippen LogP contribution in [-0.4, -0.2) is 41.3 Å². The lowest BCUT2D eigenvalue weighted by Gasteiger charge is -2.10. The molecule has 6 nitrogen and oxygen atoms in total. The zero-order valence-corrected chi connectivity index (χ0v) is 9.70. The molecule has 0 aromatic carbocycles. The Bertz CT molecular complexity index is 357. The zero-order chi connectivity index (χ0) is 11.4. The summed E-state index contributed by atoms with van der Waals surface area (Å²) in [5, 5.41) is 3.16. The predicted octanol–water partition coefficient (Wildman–Crippen LogP) is 1.12. The zero-order valence-electron chi connectivity index (χ0n) is 8.94. The molecule has 0 bridgehead atoms. The third kappa shape index (κ3) is 2.93. The molecule has 88 valence electrons. The van der Waals surface area contributed by atoms with Crippen LogP contribution in [0.4, 0.5) is 5.95 Å². The molecule has 1 unspecified atom stereocenters. The average molecular weight is 245 g/mol. The van der Waals surface area contributed by atoms with Crippen molar-refractivity contribution in [3.8, 4) is 6.01 Å². The maximum absolute atomic E-state index is 5.71. The molecule has 1 fully saturated rings. The summed E-state index contributed by atoms with van der Waals surface area (Å²) in [5.41, 5.74) is 0. The molecule has 1 aliphatic rings. The van der Waals surface area contributed by atoms with Gasteiger partial charge in [0.25, 0.3) is 0 Å². The second-order valence-electron chi connectivity index (χ2n) is 3.43. The van der Waals surface area contributed by atoms with Crippen molar-refractivity contribution in [2.24, 2.45) is 0 Å². The van der Waals surface area contributed by atoms with Crippen LogP contribution in [0.1, 0.15) is 12.8 Å². The first-order valence-electron chi connectivity index (χ1n) is 5.09. The monoisotopic (exact) mass is 244 g/mol. The van der Waals surface area contributed by atoms with E-state index in [1.165, 1.54) is 7.11 Å². The standard InChI is InChI=1S/C9H13ClN4O2/c1-15-9-13-7(10)12-8(14-9)11-5-6-3-2-4-16-6/h6H,2-5H2,1H3,(H,11,12,13,14). The van der Waals surface area contributed by atoms with E-state index in [0.717, 1.165) is 19.4 Å². The van der Waals surface area contributed by atoms with Crippen molar-refractivity contribution in [2.45, 2.75) is 18.9 Å². The van der Waals surface area contributed by atoms with E-state index in [4.69, 9.17) is 21.1 Å². The third-order valence-electron chi connectivity index (χ3n) is 2.28. The molecule has 0 radical (unpaired) electrons. The summed E-state index contributed by atoms with van der Waals surface area (Å²) < 4.78 is 10.4. The number of rotatable bonds is 4. The summed E-state index contributed by atoms with van der Waals surface area (Å²) in [6.45, 7) is 1.50. The van der Waals surface area contributed by atoms with E-state index in [0.29, 0.717) is 12.5 Å². The number of hydrogen-bond acceptors (Lipinski definition) is 6. The van der Waals surface area contributed by atoms with Gasteiger partial charge in [0.1, 0.15) is 0 Å². The highest BCUT2D eigenvalue weighted by Gasteiger charge is 2.15. The molecule has 0 amide bonds. The number of methoxy groups -OCH3 is 1. The number of aromatic nitrogens is 3. The Balaban J connectivity index is 1.94. The van der Waals surface area contributed by atoms with E-state index in [1.807, 2.05) is 0 Å². The summed E-state index contributed by atoms with van der Waals surface area (Å²) in [6.07, 6.45) is 2.39. The molecule has 2 heterocycles. The van der Waals surface area contributed by atoms with E-state index in [9.17, 15) is 0 Å². The first kappa shape index (κ1) is 11.3. The molecule has 1 N–H and O–H groups in total. The summed E-state index contributed by atoms with van der Waals surface area (Å²) in [7, 11) is 1.48. The van der Waals surface area contributed by atoms with Gasteiger partial charge in [0.2, 0.25) is 11.2 Å². The van der Waals surface area contributed by atoms with Crippen LogP contribution in [0.3, 0.4) is 0 Å². The quantitative estimate of drug-likeness (QED) is 0.856. The molecule has 7 heteroatoms. The lowest BCUT2D eigenvalue weighted by molar-refractivity contribution is 0.120. The summed E-state index contributed by atoms with van der Waals surface area (Å²) in [6, 6.07) is 0.204. The van der Waals surface area contributed by atoms with Crippen molar-refractivity contribution in [1.82, 2.24) is 15.0 Å². The summed E-state index contributed by atoms with van der Waals surface area (Å²) in [4.78, 5) is 11.7. The fourth-order valence-electron chi connectivity index (χ4n) is 1.51. The third-order valence-corrected chi connectivity index (χ3v) is 2.45. The van der Waals surface area contributed by atoms with Crippen molar-refractivity contribution in [3.63, 3.8) is 0 Å². The highest BCUT2D eigenvalue weighted by molar-refractivity contribution is 6.28. The number of nitrogens with one attached hydrogen (secondary N) is 1. The maximum atomic E-state index is 5.71. The Morgan fingerprint density at radius 2 is 2.38 bits per heavy atom. The predicted molar refractivity (Wildman–Crippen MR) is 58.9 cm³/mol. The fraction of sp³-hybridized carbons (Fsp3) is 0.667. The van der Waals surface area contributed by atoms with Gasteiger partial charge in [-0.05, 0) is 24.4 Å². The molecule has 1 aromatic rings. The fourth-order valence-corrected chi connectivity index (χ4v) is 1.67. The molecule has 0 aliphatic carbocycles. The second-order valence-corrected chi connectivity index (χ2v) is 3.77. The van der Waals surface area contributed by atoms with E-state index >= 15 is 0 Å². The average Bonchev–Trinajstić information content (AvgIpc) is 2.78. The minimum Gasteiger partial charge on any atom is -0.467 e. The molecule has 2 rings (SSSR count). The number of halogens is 1. The maximum Gasteiger partial charge on any atom is 0.322 e. The highest BCUT2D eigenvalue weighted by atomic mass is 35.5. The number of ether oxygens (including phenoxy) is 2. The molecule has 1 atom stereocenters. The van der Waals surface area contributed by atoms with Crippen LogP contribution in [0.25, 0.3) is 0 Å². The largest absolute Gasteiger partial charge is 0.467 e. The van der Waals surface area contributed by atoms with Gasteiger partial charge in [-0.25, -0.2) is 0 Å². The van der Waals surface area contributed by atoms with E-state index < -0.39 is 0 Å². The van der Waals surface area contributed by atoms with Gasteiger partial charge in [-0.2, -0.15) is 15.0 Å². The van der Waals surface area contributed by atoms with Crippen LogP contribution in [0, 0.1) is 0 Å². The van der Waals surface area contributed by atoms with Crippen molar-refractivity contribution in [2.75, 3.05) is 25.6 Å². The van der Waals surface area contributed by atoms with Gasteiger partial charge in [0.15, 0.2) is 0 Å². The van der Waals surface area contributed by atoms with Gasteiger partial charge >= 0.3 is 6.01 Å². The topological polar surface area (TPSA) is 69.2 Å². The molecule has 1 saturated heterocycles. The number of hydrogen-bond donors (Lipinski definition) is 1. The minimum atomic E-state index is 0.113. The van der Waals surface area contributed by atoms with Crippen LogP contribution in [0.5, 0.6) is 6.01 Å². The van der Waals surface area contributed by atoms with Crippen LogP contribution in [0.2, 0.25) is 5.28 Å². The first-order valence-corrected chi connectivity index (χ1v) is 5.47. The summed E-state index contributed by atoms with van der Waals surface area (Å²) in [5.74, 6) is 0.410. The summed E-state index contributed by atoms with van der Waals surface area (Å²) >= 11 is 5.71. The molecule has 16 heavy (non-hydrogen) atoms. The van der Waals surface area contributed by atoms with Gasteiger partial charge in [-0.3, -0.25) is 0 Å². The van der Waals surface area contributed by atoms with Crippen LogP contribution in [0.15, 0.2) is 0 Å². The Morgan fingerprint density at radius 3 is 3.06 bits per heavy atom. The Hall–Kier alpha value is -1.14. The minimum absolute atomic E-state index is 0.113. The lowest BCUT2D eigenvalue weighted by atomic mass is 10.2. The Morgan fingerprint density at radius 1 is 1.50 bits per heavy atom. The number of anilines is 1. The molecular weight excluding hydrogens is 232 g/mol. The van der Waals surface area contributed by atoms with Gasteiger partial charge in [0, 0.05) is 13.2 Å². The van der Waals surface area contributed by atoms with Gasteiger partial charge in [0.05, 0.1) is 13.2 Å². The van der Waals surface area contributed by atoms with Gasteiger partial charge in [-0.15, -0.1) is 0 Å². The normalized spacial score (nSPS) is 19.8.